The molecule has 0 aliphatic carbocycles. The van der Waals surface area contributed by atoms with Crippen LogP contribution in [-0.4, -0.2) is 52.2 Å². The lowest BCUT2D eigenvalue weighted by Crippen LogP contribution is -2.46. The van der Waals surface area contributed by atoms with Crippen LogP contribution < -0.4 is 0 Å². The number of rotatable bonds is 4. The van der Waals surface area contributed by atoms with Crippen LogP contribution in [0.4, 0.5) is 0 Å². The predicted molar refractivity (Wildman–Crippen MR) is 98.1 cm³/mol. The molecule has 1 spiro atoms. The molecular formula is C19H23N3O3S. The number of amides is 1. The van der Waals surface area contributed by atoms with Gasteiger partial charge in [0.15, 0.2) is 0 Å². The van der Waals surface area contributed by atoms with Crippen molar-refractivity contribution in [3.8, 4) is 0 Å². The molecule has 0 saturated carbocycles. The van der Waals surface area contributed by atoms with Gasteiger partial charge in [-0.25, -0.2) is 4.98 Å². The summed E-state index contributed by atoms with van der Waals surface area (Å²) in [6, 6.07) is 5.84. The highest BCUT2D eigenvalue weighted by atomic mass is 32.1. The molecule has 4 rings (SSSR count). The average molecular weight is 373 g/mol. The van der Waals surface area contributed by atoms with E-state index in [4.69, 9.17) is 9.47 Å². The second-order valence-corrected chi connectivity index (χ2v) is 8.06. The number of piperidine rings is 1. The molecule has 6 nitrogen and oxygen atoms in total. The first-order valence-electron chi connectivity index (χ1n) is 9.00. The lowest BCUT2D eigenvalue weighted by Gasteiger charge is -2.38. The number of aryl methyl sites for hydroxylation is 1. The molecule has 0 radical (unpaired) electrons. The number of pyridine rings is 1. The molecule has 7 heteroatoms. The van der Waals surface area contributed by atoms with Crippen LogP contribution in [0.25, 0.3) is 0 Å². The number of thiazole rings is 1. The van der Waals surface area contributed by atoms with Gasteiger partial charge in [-0.2, -0.15) is 0 Å². The normalized spacial score (nSPS) is 22.0. The lowest BCUT2D eigenvalue weighted by molar-refractivity contribution is -0.0413. The third-order valence-electron chi connectivity index (χ3n) is 5.17. The van der Waals surface area contributed by atoms with Crippen LogP contribution in [0.1, 0.15) is 40.5 Å². The molecule has 2 aromatic rings. The summed E-state index contributed by atoms with van der Waals surface area (Å²) in [4.78, 5) is 23.0. The predicted octanol–water partition coefficient (Wildman–Crippen LogP) is 2.83. The highest BCUT2D eigenvalue weighted by Crippen LogP contribution is 2.37. The maximum atomic E-state index is 12.5. The quantitative estimate of drug-likeness (QED) is 0.825. The van der Waals surface area contributed by atoms with E-state index in [1.54, 1.807) is 6.20 Å². The first-order chi connectivity index (χ1) is 12.6. The van der Waals surface area contributed by atoms with Gasteiger partial charge in [-0.1, -0.05) is 6.07 Å². The van der Waals surface area contributed by atoms with Gasteiger partial charge in [-0.15, -0.1) is 11.3 Å². The summed E-state index contributed by atoms with van der Waals surface area (Å²) in [5.41, 5.74) is 1.35. The summed E-state index contributed by atoms with van der Waals surface area (Å²) in [6.07, 6.45) is 4.47. The number of aromatic nitrogens is 2. The number of hydrogen-bond acceptors (Lipinski definition) is 6. The zero-order valence-corrected chi connectivity index (χ0v) is 15.7. The Labute approximate surface area is 157 Å². The van der Waals surface area contributed by atoms with E-state index in [9.17, 15) is 4.79 Å². The monoisotopic (exact) mass is 373 g/mol. The Balaban J connectivity index is 1.28. The standard InChI is InChI=1S/C19H23N3O3S/c1-14-21-17(13-26-14)18(23)22-8-5-19(6-9-22)10-16(12-25-19)24-11-15-4-2-3-7-20-15/h2-4,7,13,16H,5-6,8-12H2,1H3. The summed E-state index contributed by atoms with van der Waals surface area (Å²) < 4.78 is 12.1. The van der Waals surface area contributed by atoms with Gasteiger partial charge in [-0.3, -0.25) is 9.78 Å². The van der Waals surface area contributed by atoms with E-state index in [2.05, 4.69) is 9.97 Å². The number of hydrogen-bond donors (Lipinski definition) is 0. The first kappa shape index (κ1) is 17.6. The van der Waals surface area contributed by atoms with Gasteiger partial charge in [0.25, 0.3) is 5.91 Å². The van der Waals surface area contributed by atoms with Crippen molar-refractivity contribution in [2.45, 2.75) is 44.5 Å². The van der Waals surface area contributed by atoms with E-state index in [1.165, 1.54) is 11.3 Å². The molecule has 1 amide bonds. The van der Waals surface area contributed by atoms with Gasteiger partial charge in [0.2, 0.25) is 0 Å². The third kappa shape index (κ3) is 3.79. The Bertz CT molecular complexity index is 756. The van der Waals surface area contributed by atoms with E-state index < -0.39 is 0 Å². The lowest BCUT2D eigenvalue weighted by atomic mass is 9.88. The van der Waals surface area contributed by atoms with E-state index in [0.29, 0.717) is 32.0 Å². The summed E-state index contributed by atoms with van der Waals surface area (Å²) in [5.74, 6) is 0.0325. The molecule has 138 valence electrons. The number of nitrogens with zero attached hydrogens (tertiary/aromatic N) is 3. The van der Waals surface area contributed by atoms with Gasteiger partial charge < -0.3 is 14.4 Å². The fourth-order valence-corrected chi connectivity index (χ4v) is 4.27. The number of ether oxygens (including phenoxy) is 2. The number of carbonyl (C=O) groups excluding carboxylic acids is 1. The van der Waals surface area contributed by atoms with Gasteiger partial charge in [0, 0.05) is 31.1 Å². The fraction of sp³-hybridized carbons (Fsp3) is 0.526. The van der Waals surface area contributed by atoms with Crippen LogP contribution in [-0.2, 0) is 16.1 Å². The molecule has 1 atom stereocenters. The van der Waals surface area contributed by atoms with Crippen molar-refractivity contribution in [1.29, 1.82) is 0 Å². The topological polar surface area (TPSA) is 64.6 Å². The molecule has 26 heavy (non-hydrogen) atoms. The van der Waals surface area contributed by atoms with Crippen LogP contribution in [0.15, 0.2) is 29.8 Å². The van der Waals surface area contributed by atoms with E-state index in [-0.39, 0.29) is 17.6 Å². The Morgan fingerprint density at radius 2 is 2.27 bits per heavy atom. The molecular weight excluding hydrogens is 350 g/mol. The van der Waals surface area contributed by atoms with Crippen molar-refractivity contribution < 1.29 is 14.3 Å². The zero-order valence-electron chi connectivity index (χ0n) is 14.9. The highest BCUT2D eigenvalue weighted by Gasteiger charge is 2.44. The molecule has 1 unspecified atom stereocenters. The number of carbonyl (C=O) groups is 1. The summed E-state index contributed by atoms with van der Waals surface area (Å²) in [5, 5.41) is 2.77. The Morgan fingerprint density at radius 3 is 2.96 bits per heavy atom. The molecule has 2 aliphatic heterocycles. The van der Waals surface area contributed by atoms with Crippen molar-refractivity contribution in [1.82, 2.24) is 14.9 Å². The van der Waals surface area contributed by atoms with Gasteiger partial charge in [0.1, 0.15) is 5.69 Å². The molecule has 2 aliphatic rings. The largest absolute Gasteiger partial charge is 0.372 e. The summed E-state index contributed by atoms with van der Waals surface area (Å²) in [7, 11) is 0. The fourth-order valence-electron chi connectivity index (χ4n) is 3.69. The van der Waals surface area contributed by atoms with Crippen molar-refractivity contribution in [3.05, 3.63) is 46.2 Å². The second kappa shape index (κ2) is 7.42. The van der Waals surface area contributed by atoms with Gasteiger partial charge >= 0.3 is 0 Å². The average Bonchev–Trinajstić information content (AvgIpc) is 3.28. The summed E-state index contributed by atoms with van der Waals surface area (Å²) in [6.45, 7) is 4.47. The minimum Gasteiger partial charge on any atom is -0.372 e. The Hall–Kier alpha value is -1.83. The molecule has 4 heterocycles. The summed E-state index contributed by atoms with van der Waals surface area (Å²) >= 11 is 1.51. The second-order valence-electron chi connectivity index (χ2n) is 7.00. The highest BCUT2D eigenvalue weighted by molar-refractivity contribution is 7.09. The van der Waals surface area contributed by atoms with Crippen LogP contribution in [0.3, 0.4) is 0 Å². The molecule has 2 aromatic heterocycles. The van der Waals surface area contributed by atoms with E-state index in [1.807, 2.05) is 35.4 Å². The molecule has 2 fully saturated rings. The maximum Gasteiger partial charge on any atom is 0.273 e. The molecule has 2 saturated heterocycles. The Morgan fingerprint density at radius 1 is 1.42 bits per heavy atom. The van der Waals surface area contributed by atoms with E-state index in [0.717, 1.165) is 30.0 Å². The zero-order chi connectivity index (χ0) is 18.0. The number of likely N-dealkylation sites (tertiary alicyclic amines) is 1. The van der Waals surface area contributed by atoms with Crippen molar-refractivity contribution in [2.75, 3.05) is 19.7 Å². The maximum absolute atomic E-state index is 12.5. The van der Waals surface area contributed by atoms with E-state index >= 15 is 0 Å². The minimum absolute atomic E-state index is 0.0325. The van der Waals surface area contributed by atoms with Crippen LogP contribution >= 0.6 is 11.3 Å². The van der Waals surface area contributed by atoms with Gasteiger partial charge in [-0.05, 0) is 31.9 Å². The Kier molecular flexibility index (Phi) is 5.02. The SMILES string of the molecule is Cc1nc(C(=O)N2CCC3(CC2)CC(OCc2ccccn2)CO3)cs1. The molecule has 0 aromatic carbocycles. The molecule has 0 bridgehead atoms. The third-order valence-corrected chi connectivity index (χ3v) is 5.94. The van der Waals surface area contributed by atoms with Crippen molar-refractivity contribution in [3.63, 3.8) is 0 Å². The van der Waals surface area contributed by atoms with Crippen molar-refractivity contribution >= 4 is 17.2 Å². The minimum atomic E-state index is -0.149. The first-order valence-corrected chi connectivity index (χ1v) is 9.88. The molecule has 0 N–H and O–H groups in total. The van der Waals surface area contributed by atoms with Crippen LogP contribution in [0.2, 0.25) is 0 Å². The van der Waals surface area contributed by atoms with Crippen molar-refractivity contribution in [2.24, 2.45) is 0 Å². The van der Waals surface area contributed by atoms with Gasteiger partial charge in [0.05, 0.1) is 35.6 Å². The van der Waals surface area contributed by atoms with Crippen LogP contribution in [0.5, 0.6) is 0 Å². The smallest absolute Gasteiger partial charge is 0.273 e. The van der Waals surface area contributed by atoms with Crippen LogP contribution in [0, 0.1) is 6.92 Å².